The molecule has 0 atom stereocenters. The summed E-state index contributed by atoms with van der Waals surface area (Å²) in [7, 11) is 0. The van der Waals surface area contributed by atoms with Gasteiger partial charge in [0.15, 0.2) is 0 Å². The molecule has 0 saturated heterocycles. The summed E-state index contributed by atoms with van der Waals surface area (Å²) in [5.74, 6) is 0.778. The molecule has 0 spiro atoms. The highest BCUT2D eigenvalue weighted by Crippen LogP contribution is 2.27. The van der Waals surface area contributed by atoms with Gasteiger partial charge < -0.3 is 5.73 Å². The smallest absolute Gasteiger partial charge is 0.136 e. The van der Waals surface area contributed by atoms with Crippen LogP contribution in [0.2, 0.25) is 0 Å². The number of aryl methyl sites for hydroxylation is 1. The van der Waals surface area contributed by atoms with Crippen molar-refractivity contribution in [1.82, 2.24) is 9.97 Å². The third-order valence-electron chi connectivity index (χ3n) is 2.89. The van der Waals surface area contributed by atoms with Crippen molar-refractivity contribution in [3.05, 3.63) is 41.5 Å². The molecule has 2 rings (SSSR count). The predicted molar refractivity (Wildman–Crippen MR) is 75.3 cm³/mol. The van der Waals surface area contributed by atoms with E-state index in [-0.39, 0.29) is 11.2 Å². The van der Waals surface area contributed by atoms with E-state index in [0.717, 1.165) is 11.1 Å². The number of nitrogens with zero attached hydrogens (tertiary/aromatic N) is 2. The van der Waals surface area contributed by atoms with E-state index in [1.165, 1.54) is 12.1 Å². The molecule has 0 aliphatic carbocycles. The fourth-order valence-electron chi connectivity index (χ4n) is 1.81. The zero-order valence-corrected chi connectivity index (χ0v) is 11.7. The summed E-state index contributed by atoms with van der Waals surface area (Å²) in [5.41, 5.74) is 8.00. The maximum atomic E-state index is 13.4. The SMILES string of the molecule is Cc1ccc(F)cc1-c1cc(N)nc(C(C)(C)C)n1. The molecular formula is C15H18FN3. The van der Waals surface area contributed by atoms with E-state index in [9.17, 15) is 4.39 Å². The quantitative estimate of drug-likeness (QED) is 0.853. The number of aromatic nitrogens is 2. The van der Waals surface area contributed by atoms with Crippen LogP contribution in [0.4, 0.5) is 10.2 Å². The molecule has 0 unspecified atom stereocenters. The third-order valence-corrected chi connectivity index (χ3v) is 2.89. The fourth-order valence-corrected chi connectivity index (χ4v) is 1.81. The van der Waals surface area contributed by atoms with Gasteiger partial charge >= 0.3 is 0 Å². The van der Waals surface area contributed by atoms with Gasteiger partial charge in [-0.1, -0.05) is 26.8 Å². The monoisotopic (exact) mass is 259 g/mol. The van der Waals surface area contributed by atoms with Gasteiger partial charge in [0.1, 0.15) is 17.5 Å². The lowest BCUT2D eigenvalue weighted by Gasteiger charge is -2.18. The van der Waals surface area contributed by atoms with Gasteiger partial charge in [-0.05, 0) is 24.6 Å². The minimum absolute atomic E-state index is 0.203. The second kappa shape index (κ2) is 4.61. The van der Waals surface area contributed by atoms with Crippen molar-refractivity contribution >= 4 is 5.82 Å². The molecule has 2 aromatic rings. The minimum atomic E-state index is -0.282. The zero-order valence-electron chi connectivity index (χ0n) is 11.7. The molecule has 0 radical (unpaired) electrons. The first-order valence-corrected chi connectivity index (χ1v) is 6.19. The fraction of sp³-hybridized carbons (Fsp3) is 0.333. The highest BCUT2D eigenvalue weighted by atomic mass is 19.1. The number of hydrogen-bond acceptors (Lipinski definition) is 3. The average Bonchev–Trinajstić information content (AvgIpc) is 2.30. The van der Waals surface area contributed by atoms with Crippen molar-refractivity contribution in [2.75, 3.05) is 5.73 Å². The summed E-state index contributed by atoms with van der Waals surface area (Å²) in [5, 5.41) is 0. The van der Waals surface area contributed by atoms with Gasteiger partial charge in [-0.3, -0.25) is 0 Å². The summed E-state index contributed by atoms with van der Waals surface area (Å²) >= 11 is 0. The van der Waals surface area contributed by atoms with Crippen molar-refractivity contribution in [2.24, 2.45) is 0 Å². The molecule has 0 aliphatic rings. The highest BCUT2D eigenvalue weighted by Gasteiger charge is 2.19. The van der Waals surface area contributed by atoms with Crippen LogP contribution in [-0.2, 0) is 5.41 Å². The minimum Gasteiger partial charge on any atom is -0.384 e. The Morgan fingerprint density at radius 1 is 1.11 bits per heavy atom. The number of hydrogen-bond donors (Lipinski definition) is 1. The zero-order chi connectivity index (χ0) is 14.2. The van der Waals surface area contributed by atoms with Gasteiger partial charge in [0.05, 0.1) is 5.69 Å². The van der Waals surface area contributed by atoms with Crippen LogP contribution in [0.5, 0.6) is 0 Å². The van der Waals surface area contributed by atoms with E-state index < -0.39 is 0 Å². The molecule has 0 bridgehead atoms. The molecule has 1 heterocycles. The van der Waals surface area contributed by atoms with Crippen molar-refractivity contribution in [3.63, 3.8) is 0 Å². The van der Waals surface area contributed by atoms with Crippen molar-refractivity contribution in [1.29, 1.82) is 0 Å². The normalized spacial score (nSPS) is 11.6. The molecule has 19 heavy (non-hydrogen) atoms. The van der Waals surface area contributed by atoms with E-state index in [1.54, 1.807) is 12.1 Å². The van der Waals surface area contributed by atoms with Crippen LogP contribution in [0.3, 0.4) is 0 Å². The molecule has 0 aliphatic heterocycles. The van der Waals surface area contributed by atoms with Crippen LogP contribution in [0.25, 0.3) is 11.3 Å². The van der Waals surface area contributed by atoms with Crippen molar-refractivity contribution < 1.29 is 4.39 Å². The summed E-state index contributed by atoms with van der Waals surface area (Å²) in [6.07, 6.45) is 0. The first-order valence-electron chi connectivity index (χ1n) is 6.19. The van der Waals surface area contributed by atoms with Gasteiger partial charge in [-0.25, -0.2) is 14.4 Å². The standard InChI is InChI=1S/C15H18FN3/c1-9-5-6-10(16)7-11(9)12-8-13(17)19-14(18-12)15(2,3)4/h5-8H,1-4H3,(H2,17,18,19). The number of nitrogens with two attached hydrogens (primary N) is 1. The molecule has 100 valence electrons. The molecule has 2 N–H and O–H groups in total. The lowest BCUT2D eigenvalue weighted by atomic mass is 9.95. The van der Waals surface area contributed by atoms with E-state index in [1.807, 2.05) is 27.7 Å². The molecule has 1 aromatic carbocycles. The van der Waals surface area contributed by atoms with Crippen LogP contribution in [0.15, 0.2) is 24.3 Å². The number of rotatable bonds is 1. The van der Waals surface area contributed by atoms with E-state index >= 15 is 0 Å². The van der Waals surface area contributed by atoms with E-state index in [0.29, 0.717) is 17.3 Å². The first-order chi connectivity index (χ1) is 8.77. The summed E-state index contributed by atoms with van der Waals surface area (Å²) in [6, 6.07) is 6.33. The molecule has 3 nitrogen and oxygen atoms in total. The van der Waals surface area contributed by atoms with E-state index in [4.69, 9.17) is 5.73 Å². The Labute approximate surface area is 112 Å². The van der Waals surface area contributed by atoms with Crippen LogP contribution in [0.1, 0.15) is 32.2 Å². The van der Waals surface area contributed by atoms with Crippen LogP contribution in [-0.4, -0.2) is 9.97 Å². The average molecular weight is 259 g/mol. The molecule has 0 fully saturated rings. The van der Waals surface area contributed by atoms with Crippen LogP contribution >= 0.6 is 0 Å². The van der Waals surface area contributed by atoms with Gasteiger partial charge in [0.25, 0.3) is 0 Å². The Morgan fingerprint density at radius 3 is 2.42 bits per heavy atom. The molecule has 1 aromatic heterocycles. The Kier molecular flexibility index (Phi) is 3.27. The molecular weight excluding hydrogens is 241 g/mol. The van der Waals surface area contributed by atoms with Crippen molar-refractivity contribution in [2.45, 2.75) is 33.1 Å². The van der Waals surface area contributed by atoms with Gasteiger partial charge in [0.2, 0.25) is 0 Å². The second-order valence-corrected chi connectivity index (χ2v) is 5.71. The Hall–Kier alpha value is -1.97. The Balaban J connectivity index is 2.63. The Bertz CT molecular complexity index is 615. The van der Waals surface area contributed by atoms with Crippen LogP contribution in [0, 0.1) is 12.7 Å². The lowest BCUT2D eigenvalue weighted by Crippen LogP contribution is -2.17. The number of nitrogen functional groups attached to an aromatic ring is 1. The summed E-state index contributed by atoms with van der Waals surface area (Å²) in [4.78, 5) is 8.77. The number of halogens is 1. The summed E-state index contributed by atoms with van der Waals surface area (Å²) < 4.78 is 13.4. The maximum absolute atomic E-state index is 13.4. The largest absolute Gasteiger partial charge is 0.384 e. The van der Waals surface area contributed by atoms with Gasteiger partial charge in [-0.2, -0.15) is 0 Å². The molecule has 0 amide bonds. The van der Waals surface area contributed by atoms with Crippen LogP contribution < -0.4 is 5.73 Å². The van der Waals surface area contributed by atoms with E-state index in [2.05, 4.69) is 9.97 Å². The lowest BCUT2D eigenvalue weighted by molar-refractivity contribution is 0.547. The number of anilines is 1. The third kappa shape index (κ3) is 2.89. The highest BCUT2D eigenvalue weighted by molar-refractivity contribution is 5.65. The molecule has 0 saturated carbocycles. The molecule has 4 heteroatoms. The topological polar surface area (TPSA) is 51.8 Å². The van der Waals surface area contributed by atoms with Gasteiger partial charge in [0, 0.05) is 17.0 Å². The Morgan fingerprint density at radius 2 is 1.79 bits per heavy atom. The van der Waals surface area contributed by atoms with Crippen molar-refractivity contribution in [3.8, 4) is 11.3 Å². The summed E-state index contributed by atoms with van der Waals surface area (Å²) in [6.45, 7) is 7.97. The predicted octanol–water partition coefficient (Wildman–Crippen LogP) is 3.47. The second-order valence-electron chi connectivity index (χ2n) is 5.71. The first kappa shape index (κ1) is 13.5. The van der Waals surface area contributed by atoms with Gasteiger partial charge in [-0.15, -0.1) is 0 Å². The number of benzene rings is 1. The maximum Gasteiger partial charge on any atom is 0.136 e.